The van der Waals surface area contributed by atoms with E-state index in [2.05, 4.69) is 80.1 Å². The second-order valence-corrected chi connectivity index (χ2v) is 8.94. The second kappa shape index (κ2) is 15.6. The number of halogens is 3. The van der Waals surface area contributed by atoms with Crippen molar-refractivity contribution in [3.8, 4) is 0 Å². The molecule has 7 heteroatoms. The molecule has 168 valence electrons. The fourth-order valence-electron chi connectivity index (χ4n) is 2.38. The molecule has 0 atom stereocenters. The fourth-order valence-corrected chi connectivity index (χ4v) is 3.77. The Hall–Kier alpha value is -2.22. The average molecular weight is 623 g/mol. The lowest BCUT2D eigenvalue weighted by molar-refractivity contribution is 1.17. The number of hydrogen-bond acceptors (Lipinski definition) is 4. The van der Waals surface area contributed by atoms with Crippen LogP contribution in [0.5, 0.6) is 0 Å². The Morgan fingerprint density at radius 2 is 1.12 bits per heavy atom. The maximum absolute atomic E-state index is 4.14. The average Bonchev–Trinajstić information content (AvgIpc) is 2.80. The highest BCUT2D eigenvalue weighted by Crippen LogP contribution is 2.24. The Labute approximate surface area is 216 Å². The van der Waals surface area contributed by atoms with E-state index in [9.17, 15) is 0 Å². The van der Waals surface area contributed by atoms with Crippen molar-refractivity contribution in [2.45, 2.75) is 7.43 Å². The summed E-state index contributed by atoms with van der Waals surface area (Å²) in [6.45, 7) is 0. The van der Waals surface area contributed by atoms with E-state index in [1.54, 1.807) is 18.6 Å². The third-order valence-corrected chi connectivity index (χ3v) is 5.26. The third kappa shape index (κ3) is 10.4. The van der Waals surface area contributed by atoms with E-state index < -0.39 is 0 Å². The van der Waals surface area contributed by atoms with Gasteiger partial charge >= 0.3 is 0 Å². The molecule has 4 nitrogen and oxygen atoms in total. The zero-order valence-electron chi connectivity index (χ0n) is 17.2. The maximum atomic E-state index is 4.14. The molecular formula is C25H27Br3N4. The molecular weight excluding hydrogens is 596 g/mol. The van der Waals surface area contributed by atoms with Crippen LogP contribution < -0.4 is 10.2 Å². The number of benzene rings is 2. The van der Waals surface area contributed by atoms with Crippen LogP contribution in [-0.2, 0) is 0 Å². The SMILES string of the molecule is Brc1cncc(Br)c1.C.CN(c1ccccc1)c1cncc(Br)c1.CNc1ccccc1. The van der Waals surface area contributed by atoms with Crippen molar-refractivity contribution in [3.05, 3.63) is 111 Å². The Balaban J connectivity index is 0.000000257. The van der Waals surface area contributed by atoms with E-state index in [0.29, 0.717) is 0 Å². The van der Waals surface area contributed by atoms with Gasteiger partial charge in [-0.2, -0.15) is 0 Å². The Morgan fingerprint density at radius 1 is 0.656 bits per heavy atom. The minimum atomic E-state index is 0. The fraction of sp³-hybridized carbons (Fsp3) is 0.120. The Kier molecular flexibility index (Phi) is 13.5. The van der Waals surface area contributed by atoms with Crippen LogP contribution in [0, 0.1) is 0 Å². The number of nitrogens with zero attached hydrogens (tertiary/aromatic N) is 3. The quantitative estimate of drug-likeness (QED) is 0.248. The van der Waals surface area contributed by atoms with Crippen molar-refractivity contribution in [2.75, 3.05) is 24.3 Å². The molecule has 0 bridgehead atoms. The van der Waals surface area contributed by atoms with Crippen molar-refractivity contribution in [1.82, 2.24) is 9.97 Å². The number of rotatable bonds is 3. The Morgan fingerprint density at radius 3 is 1.53 bits per heavy atom. The minimum absolute atomic E-state index is 0. The molecule has 2 heterocycles. The predicted octanol–water partition coefficient (Wildman–Crippen LogP) is 8.58. The van der Waals surface area contributed by atoms with E-state index in [1.165, 1.54) is 0 Å². The zero-order valence-corrected chi connectivity index (χ0v) is 22.0. The van der Waals surface area contributed by atoms with Gasteiger partial charge in [-0.1, -0.05) is 43.8 Å². The van der Waals surface area contributed by atoms with Gasteiger partial charge in [0.1, 0.15) is 0 Å². The molecule has 0 spiro atoms. The van der Waals surface area contributed by atoms with Crippen molar-refractivity contribution in [3.63, 3.8) is 0 Å². The Bertz CT molecular complexity index is 1010. The molecule has 0 unspecified atom stereocenters. The van der Waals surface area contributed by atoms with Crippen molar-refractivity contribution < 1.29 is 0 Å². The van der Waals surface area contributed by atoms with E-state index in [-0.39, 0.29) is 7.43 Å². The number of pyridine rings is 2. The van der Waals surface area contributed by atoms with Gasteiger partial charge in [0.15, 0.2) is 0 Å². The summed E-state index contributed by atoms with van der Waals surface area (Å²) in [4.78, 5) is 10.1. The van der Waals surface area contributed by atoms with E-state index in [0.717, 1.165) is 30.5 Å². The lowest BCUT2D eigenvalue weighted by Crippen LogP contribution is -2.09. The van der Waals surface area contributed by atoms with Gasteiger partial charge in [0.25, 0.3) is 0 Å². The summed E-state index contributed by atoms with van der Waals surface area (Å²) in [7, 11) is 3.94. The molecule has 0 aliphatic rings. The number of para-hydroxylation sites is 2. The van der Waals surface area contributed by atoms with Crippen molar-refractivity contribution in [1.29, 1.82) is 0 Å². The molecule has 2 aromatic heterocycles. The summed E-state index contributed by atoms with van der Waals surface area (Å²) < 4.78 is 2.97. The summed E-state index contributed by atoms with van der Waals surface area (Å²) in [6.07, 6.45) is 7.11. The first-order valence-corrected chi connectivity index (χ1v) is 11.8. The van der Waals surface area contributed by atoms with Gasteiger partial charge in [-0.05, 0) is 84.2 Å². The predicted molar refractivity (Wildman–Crippen MR) is 149 cm³/mol. The van der Waals surface area contributed by atoms with E-state index >= 15 is 0 Å². The van der Waals surface area contributed by atoms with Crippen LogP contribution in [0.4, 0.5) is 17.1 Å². The number of nitrogens with one attached hydrogen (secondary N) is 1. The van der Waals surface area contributed by atoms with Gasteiger partial charge in [-0.25, -0.2) is 0 Å². The standard InChI is InChI=1S/C12H11BrN2.C7H9N.C5H3Br2N.CH4/c1-15(11-5-3-2-4-6-11)12-7-10(13)8-14-9-12;1-8-7-5-3-2-4-6-7;6-4-1-5(7)3-8-2-4;/h2-9H,1H3;2-6,8H,1H3;1-3H;1H4. The second-order valence-electron chi connectivity index (χ2n) is 6.19. The van der Waals surface area contributed by atoms with E-state index in [1.807, 2.05) is 81.0 Å². The van der Waals surface area contributed by atoms with Crippen molar-refractivity contribution in [2.24, 2.45) is 0 Å². The minimum Gasteiger partial charge on any atom is -0.388 e. The van der Waals surface area contributed by atoms with Gasteiger partial charge in [0.05, 0.1) is 11.9 Å². The number of hydrogen-bond donors (Lipinski definition) is 1. The zero-order chi connectivity index (χ0) is 22.5. The largest absolute Gasteiger partial charge is 0.388 e. The lowest BCUT2D eigenvalue weighted by atomic mass is 10.3. The summed E-state index contributed by atoms with van der Waals surface area (Å²) in [5.41, 5.74) is 3.38. The van der Waals surface area contributed by atoms with Crippen LogP contribution in [0.1, 0.15) is 7.43 Å². The van der Waals surface area contributed by atoms with Crippen LogP contribution in [0.25, 0.3) is 0 Å². The smallest absolute Gasteiger partial charge is 0.0605 e. The molecule has 1 N–H and O–H groups in total. The van der Waals surface area contributed by atoms with Crippen LogP contribution in [0.3, 0.4) is 0 Å². The molecule has 0 fully saturated rings. The van der Waals surface area contributed by atoms with Gasteiger partial charge < -0.3 is 10.2 Å². The molecule has 2 aromatic carbocycles. The van der Waals surface area contributed by atoms with Crippen LogP contribution in [-0.4, -0.2) is 24.1 Å². The molecule has 0 saturated carbocycles. The summed E-state index contributed by atoms with van der Waals surface area (Å²) in [5, 5.41) is 3.03. The summed E-state index contributed by atoms with van der Waals surface area (Å²) in [5.74, 6) is 0. The highest BCUT2D eigenvalue weighted by molar-refractivity contribution is 9.11. The molecule has 0 radical (unpaired) electrons. The topological polar surface area (TPSA) is 41.1 Å². The molecule has 4 rings (SSSR count). The lowest BCUT2D eigenvalue weighted by Gasteiger charge is -2.18. The maximum Gasteiger partial charge on any atom is 0.0605 e. The molecule has 0 saturated heterocycles. The van der Waals surface area contributed by atoms with E-state index in [4.69, 9.17) is 0 Å². The molecule has 0 aliphatic carbocycles. The summed E-state index contributed by atoms with van der Waals surface area (Å²) in [6, 6.07) is 24.2. The normalized spacial score (nSPS) is 9.16. The molecule has 0 aliphatic heterocycles. The summed E-state index contributed by atoms with van der Waals surface area (Å²) >= 11 is 9.95. The molecule has 32 heavy (non-hydrogen) atoms. The monoisotopic (exact) mass is 620 g/mol. The number of aromatic nitrogens is 2. The van der Waals surface area contributed by atoms with Crippen LogP contribution in [0.2, 0.25) is 0 Å². The van der Waals surface area contributed by atoms with Gasteiger partial charge in [-0.3, -0.25) is 9.97 Å². The first kappa shape index (κ1) is 27.8. The van der Waals surface area contributed by atoms with Gasteiger partial charge in [0, 0.05) is 57.5 Å². The van der Waals surface area contributed by atoms with Gasteiger partial charge in [0.2, 0.25) is 0 Å². The number of anilines is 3. The molecule has 0 amide bonds. The first-order chi connectivity index (χ1) is 15.0. The highest BCUT2D eigenvalue weighted by atomic mass is 79.9. The van der Waals surface area contributed by atoms with Crippen molar-refractivity contribution >= 4 is 64.9 Å². The molecule has 4 aromatic rings. The first-order valence-electron chi connectivity index (χ1n) is 9.37. The highest BCUT2D eigenvalue weighted by Gasteiger charge is 2.03. The van der Waals surface area contributed by atoms with Crippen LogP contribution >= 0.6 is 47.8 Å². The van der Waals surface area contributed by atoms with Crippen LogP contribution in [0.15, 0.2) is 111 Å². The van der Waals surface area contributed by atoms with Gasteiger partial charge in [-0.15, -0.1) is 0 Å². The third-order valence-electron chi connectivity index (χ3n) is 3.96.